The van der Waals surface area contributed by atoms with Crippen LogP contribution in [0.5, 0.6) is 5.75 Å². The van der Waals surface area contributed by atoms with Gasteiger partial charge in [-0.1, -0.05) is 11.6 Å². The second-order valence-corrected chi connectivity index (χ2v) is 6.13. The van der Waals surface area contributed by atoms with Crippen LogP contribution in [0.2, 0.25) is 5.02 Å². The van der Waals surface area contributed by atoms with Crippen LogP contribution in [0.4, 0.5) is 0 Å². The van der Waals surface area contributed by atoms with E-state index in [0.717, 1.165) is 36.4 Å². The Morgan fingerprint density at radius 3 is 2.45 bits per heavy atom. The van der Waals surface area contributed by atoms with Gasteiger partial charge in [-0.3, -0.25) is 0 Å². The molecule has 0 N–H and O–H groups in total. The largest absolute Gasteiger partial charge is 0.494 e. The lowest BCUT2D eigenvalue weighted by Gasteiger charge is -2.35. The Morgan fingerprint density at radius 2 is 1.85 bits per heavy atom. The van der Waals surface area contributed by atoms with Crippen LogP contribution in [0, 0.1) is 0 Å². The van der Waals surface area contributed by atoms with Crippen LogP contribution in [0.1, 0.15) is 19.3 Å². The summed E-state index contributed by atoms with van der Waals surface area (Å²) in [6.07, 6.45) is 3.64. The molecule has 1 saturated heterocycles. The molecule has 1 aromatic carbocycles. The van der Waals surface area contributed by atoms with Crippen molar-refractivity contribution in [3.05, 3.63) is 29.3 Å². The van der Waals surface area contributed by atoms with Crippen molar-refractivity contribution in [3.63, 3.8) is 0 Å². The number of ether oxygens (including phenoxy) is 1. The first-order valence-corrected chi connectivity index (χ1v) is 7.80. The van der Waals surface area contributed by atoms with Crippen LogP contribution in [0.15, 0.2) is 24.3 Å². The van der Waals surface area contributed by atoms with Crippen molar-refractivity contribution in [3.8, 4) is 5.75 Å². The van der Waals surface area contributed by atoms with Crippen molar-refractivity contribution >= 4 is 11.6 Å². The fourth-order valence-electron chi connectivity index (χ4n) is 2.67. The van der Waals surface area contributed by atoms with Gasteiger partial charge in [0.2, 0.25) is 0 Å². The van der Waals surface area contributed by atoms with E-state index >= 15 is 0 Å². The van der Waals surface area contributed by atoms with E-state index in [4.69, 9.17) is 16.3 Å². The number of hydrogen-bond acceptors (Lipinski definition) is 3. The summed E-state index contributed by atoms with van der Waals surface area (Å²) in [6.45, 7) is 4.33. The number of nitrogens with zero attached hydrogens (tertiary/aromatic N) is 2. The minimum Gasteiger partial charge on any atom is -0.494 e. The third-order valence-electron chi connectivity index (χ3n) is 3.99. The number of hydrogen-bond donors (Lipinski definition) is 0. The van der Waals surface area contributed by atoms with Crippen molar-refractivity contribution in [2.45, 2.75) is 25.3 Å². The summed E-state index contributed by atoms with van der Waals surface area (Å²) < 4.78 is 5.72. The third-order valence-corrected chi connectivity index (χ3v) is 4.24. The zero-order valence-electron chi connectivity index (χ0n) is 12.5. The SMILES string of the molecule is CN(C)C1CCN(CCCOc2ccc(Cl)cc2)CC1. The highest BCUT2D eigenvalue weighted by Crippen LogP contribution is 2.16. The van der Waals surface area contributed by atoms with Crippen molar-refractivity contribution in [1.29, 1.82) is 0 Å². The Morgan fingerprint density at radius 1 is 1.20 bits per heavy atom. The van der Waals surface area contributed by atoms with Gasteiger partial charge in [-0.25, -0.2) is 0 Å². The zero-order chi connectivity index (χ0) is 14.4. The molecule has 1 aliphatic heterocycles. The maximum absolute atomic E-state index is 5.84. The number of likely N-dealkylation sites (tertiary alicyclic amines) is 1. The van der Waals surface area contributed by atoms with Gasteiger partial charge in [0.15, 0.2) is 0 Å². The molecule has 20 heavy (non-hydrogen) atoms. The minimum absolute atomic E-state index is 0.751. The molecule has 0 saturated carbocycles. The molecule has 3 nitrogen and oxygen atoms in total. The first-order chi connectivity index (χ1) is 9.65. The van der Waals surface area contributed by atoms with Gasteiger partial charge in [-0.15, -0.1) is 0 Å². The summed E-state index contributed by atoms with van der Waals surface area (Å²) in [5.41, 5.74) is 0. The summed E-state index contributed by atoms with van der Waals surface area (Å²) in [5.74, 6) is 0.903. The third kappa shape index (κ3) is 4.97. The standard InChI is InChI=1S/C16H25ClN2O/c1-18(2)15-8-11-19(12-9-15)10-3-13-20-16-6-4-14(17)5-7-16/h4-7,15H,3,8-13H2,1-2H3. The molecule has 4 heteroatoms. The topological polar surface area (TPSA) is 15.7 Å². The van der Waals surface area contributed by atoms with E-state index in [2.05, 4.69) is 23.9 Å². The number of piperidine rings is 1. The Kier molecular flexibility index (Phi) is 6.14. The first-order valence-electron chi connectivity index (χ1n) is 7.42. The second kappa shape index (κ2) is 7.87. The predicted octanol–water partition coefficient (Wildman–Crippen LogP) is 3.13. The molecule has 112 valence electrons. The molecule has 1 fully saturated rings. The van der Waals surface area contributed by atoms with Crippen LogP contribution < -0.4 is 4.74 Å². The van der Waals surface area contributed by atoms with Crippen LogP contribution in [-0.4, -0.2) is 56.2 Å². The molecule has 1 aliphatic rings. The normalized spacial score (nSPS) is 17.6. The summed E-state index contributed by atoms with van der Waals surface area (Å²) in [4.78, 5) is 4.90. The van der Waals surface area contributed by atoms with Gasteiger partial charge < -0.3 is 14.5 Å². The maximum atomic E-state index is 5.84. The number of benzene rings is 1. The molecule has 0 amide bonds. The van der Waals surface area contributed by atoms with Crippen LogP contribution in [0.3, 0.4) is 0 Å². The lowest BCUT2D eigenvalue weighted by molar-refractivity contribution is 0.138. The summed E-state index contributed by atoms with van der Waals surface area (Å²) in [5, 5.41) is 0.751. The highest BCUT2D eigenvalue weighted by Gasteiger charge is 2.19. The predicted molar refractivity (Wildman–Crippen MR) is 84.7 cm³/mol. The Labute approximate surface area is 127 Å². The van der Waals surface area contributed by atoms with Gasteiger partial charge in [0.1, 0.15) is 5.75 Å². The van der Waals surface area contributed by atoms with Crippen molar-refractivity contribution in [2.24, 2.45) is 0 Å². The summed E-state index contributed by atoms with van der Waals surface area (Å²) in [6, 6.07) is 8.33. The van der Waals surface area contributed by atoms with E-state index in [9.17, 15) is 0 Å². The smallest absolute Gasteiger partial charge is 0.119 e. The molecule has 0 bridgehead atoms. The number of halogens is 1. The van der Waals surface area contributed by atoms with Crippen LogP contribution >= 0.6 is 11.6 Å². The van der Waals surface area contributed by atoms with Crippen LogP contribution in [-0.2, 0) is 0 Å². The van der Waals surface area contributed by atoms with Crippen molar-refractivity contribution in [2.75, 3.05) is 40.3 Å². The molecule has 0 aromatic heterocycles. The van der Waals surface area contributed by atoms with Gasteiger partial charge in [0.05, 0.1) is 6.61 Å². The molecule has 0 unspecified atom stereocenters. The Bertz CT molecular complexity index is 386. The van der Waals surface area contributed by atoms with E-state index in [0.29, 0.717) is 0 Å². The van der Waals surface area contributed by atoms with E-state index in [1.165, 1.54) is 25.9 Å². The molecule has 0 aliphatic carbocycles. The van der Waals surface area contributed by atoms with E-state index in [-0.39, 0.29) is 0 Å². The van der Waals surface area contributed by atoms with Crippen molar-refractivity contribution < 1.29 is 4.74 Å². The number of rotatable bonds is 6. The fraction of sp³-hybridized carbons (Fsp3) is 0.625. The van der Waals surface area contributed by atoms with Gasteiger partial charge in [0, 0.05) is 17.6 Å². The molecule has 0 atom stereocenters. The summed E-state index contributed by atoms with van der Waals surface area (Å²) in [7, 11) is 4.36. The highest BCUT2D eigenvalue weighted by atomic mass is 35.5. The molecular weight excluding hydrogens is 272 g/mol. The maximum Gasteiger partial charge on any atom is 0.119 e. The molecule has 0 spiro atoms. The monoisotopic (exact) mass is 296 g/mol. The van der Waals surface area contributed by atoms with E-state index in [1.54, 1.807) is 0 Å². The van der Waals surface area contributed by atoms with E-state index < -0.39 is 0 Å². The fourth-order valence-corrected chi connectivity index (χ4v) is 2.79. The van der Waals surface area contributed by atoms with Gasteiger partial charge in [-0.2, -0.15) is 0 Å². The summed E-state index contributed by atoms with van der Waals surface area (Å²) >= 11 is 5.84. The quantitative estimate of drug-likeness (QED) is 0.750. The lowest BCUT2D eigenvalue weighted by atomic mass is 10.0. The molecular formula is C16H25ClN2O. The lowest BCUT2D eigenvalue weighted by Crippen LogP contribution is -2.42. The van der Waals surface area contributed by atoms with Gasteiger partial charge in [-0.05, 0) is 70.7 Å². The molecule has 2 rings (SSSR count). The van der Waals surface area contributed by atoms with Crippen molar-refractivity contribution in [1.82, 2.24) is 9.80 Å². The zero-order valence-corrected chi connectivity index (χ0v) is 13.3. The molecule has 1 aromatic rings. The van der Waals surface area contributed by atoms with Gasteiger partial charge in [0.25, 0.3) is 0 Å². The molecule has 1 heterocycles. The average Bonchev–Trinajstić information content (AvgIpc) is 2.46. The van der Waals surface area contributed by atoms with E-state index in [1.807, 2.05) is 24.3 Å². The Balaban J connectivity index is 1.59. The average molecular weight is 297 g/mol. The van der Waals surface area contributed by atoms with Crippen LogP contribution in [0.25, 0.3) is 0 Å². The molecule has 0 radical (unpaired) electrons. The second-order valence-electron chi connectivity index (χ2n) is 5.69. The highest BCUT2D eigenvalue weighted by molar-refractivity contribution is 6.30. The van der Waals surface area contributed by atoms with Gasteiger partial charge >= 0.3 is 0 Å². The Hall–Kier alpha value is -0.770. The minimum atomic E-state index is 0.751. The first kappa shape index (κ1) is 15.6.